The molecule has 1 N–H and O–H groups in total. The smallest absolute Gasteiger partial charge is 0.412 e. The van der Waals surface area contributed by atoms with Crippen LogP contribution in [0.4, 0.5) is 10.5 Å². The van der Waals surface area contributed by atoms with E-state index in [1.165, 1.54) is 0 Å². The molecule has 0 saturated carbocycles. The van der Waals surface area contributed by atoms with Crippen molar-refractivity contribution in [3.63, 3.8) is 0 Å². The Kier molecular flexibility index (Phi) is 4.48. The van der Waals surface area contributed by atoms with Crippen LogP contribution in [0, 0.1) is 0 Å². The highest BCUT2D eigenvalue weighted by Crippen LogP contribution is 2.18. The fourth-order valence-corrected chi connectivity index (χ4v) is 1.44. The van der Waals surface area contributed by atoms with E-state index in [-0.39, 0.29) is 5.78 Å². The van der Waals surface area contributed by atoms with E-state index in [1.807, 2.05) is 0 Å². The zero-order valence-corrected chi connectivity index (χ0v) is 11.2. The standard InChI is InChI=1S/C14H19NO3/c1-5-12(16)10-8-6-7-9-11(10)15-13(17)18-14(2,3)4/h6-9H,5H2,1-4H3,(H,15,17). The molecule has 0 saturated heterocycles. The molecule has 18 heavy (non-hydrogen) atoms. The van der Waals surface area contributed by atoms with Crippen LogP contribution in [0.5, 0.6) is 0 Å². The first-order valence-electron chi connectivity index (χ1n) is 5.95. The van der Waals surface area contributed by atoms with Crippen LogP contribution in [-0.4, -0.2) is 17.5 Å². The van der Waals surface area contributed by atoms with E-state index in [1.54, 1.807) is 52.0 Å². The van der Waals surface area contributed by atoms with Gasteiger partial charge in [0.05, 0.1) is 5.69 Å². The minimum Gasteiger partial charge on any atom is -0.444 e. The molecule has 1 rings (SSSR count). The van der Waals surface area contributed by atoms with Gasteiger partial charge in [-0.25, -0.2) is 4.79 Å². The van der Waals surface area contributed by atoms with Gasteiger partial charge in [0, 0.05) is 12.0 Å². The van der Waals surface area contributed by atoms with Gasteiger partial charge in [-0.15, -0.1) is 0 Å². The second-order valence-electron chi connectivity index (χ2n) is 4.95. The Morgan fingerprint density at radius 1 is 1.22 bits per heavy atom. The largest absolute Gasteiger partial charge is 0.444 e. The van der Waals surface area contributed by atoms with Gasteiger partial charge in [0.25, 0.3) is 0 Å². The molecule has 0 heterocycles. The summed E-state index contributed by atoms with van der Waals surface area (Å²) in [6, 6.07) is 6.91. The van der Waals surface area contributed by atoms with Gasteiger partial charge in [-0.05, 0) is 32.9 Å². The number of carbonyl (C=O) groups is 2. The molecule has 0 bridgehead atoms. The summed E-state index contributed by atoms with van der Waals surface area (Å²) in [6.07, 6.45) is -0.161. The first-order valence-corrected chi connectivity index (χ1v) is 5.95. The molecule has 4 heteroatoms. The second-order valence-corrected chi connectivity index (χ2v) is 4.95. The fourth-order valence-electron chi connectivity index (χ4n) is 1.44. The van der Waals surface area contributed by atoms with Crippen molar-refractivity contribution in [1.82, 2.24) is 0 Å². The molecule has 0 aliphatic carbocycles. The molecule has 0 radical (unpaired) electrons. The molecule has 0 spiro atoms. The third-order valence-corrected chi connectivity index (χ3v) is 2.18. The number of ketones is 1. The van der Waals surface area contributed by atoms with Gasteiger partial charge < -0.3 is 4.74 Å². The Morgan fingerprint density at radius 3 is 2.39 bits per heavy atom. The second kappa shape index (κ2) is 5.67. The Morgan fingerprint density at radius 2 is 1.83 bits per heavy atom. The molecule has 0 atom stereocenters. The maximum Gasteiger partial charge on any atom is 0.412 e. The van der Waals surface area contributed by atoms with E-state index < -0.39 is 11.7 Å². The normalized spacial score (nSPS) is 10.9. The number of anilines is 1. The van der Waals surface area contributed by atoms with Gasteiger partial charge in [-0.2, -0.15) is 0 Å². The number of para-hydroxylation sites is 1. The average Bonchev–Trinajstić information content (AvgIpc) is 2.26. The quantitative estimate of drug-likeness (QED) is 0.832. The van der Waals surface area contributed by atoms with Gasteiger partial charge in [-0.3, -0.25) is 10.1 Å². The van der Waals surface area contributed by atoms with E-state index in [0.29, 0.717) is 17.7 Å². The SMILES string of the molecule is CCC(=O)c1ccccc1NC(=O)OC(C)(C)C. The molecule has 4 nitrogen and oxygen atoms in total. The number of rotatable bonds is 3. The molecule has 98 valence electrons. The molecule has 1 aromatic rings. The van der Waals surface area contributed by atoms with Gasteiger partial charge in [-0.1, -0.05) is 19.1 Å². The van der Waals surface area contributed by atoms with Crippen LogP contribution < -0.4 is 5.32 Å². The third-order valence-electron chi connectivity index (χ3n) is 2.18. The van der Waals surface area contributed by atoms with E-state index in [2.05, 4.69) is 5.32 Å². The van der Waals surface area contributed by atoms with Crippen LogP contribution in [0.3, 0.4) is 0 Å². The number of nitrogens with one attached hydrogen (secondary N) is 1. The lowest BCUT2D eigenvalue weighted by Crippen LogP contribution is -2.27. The predicted molar refractivity (Wildman–Crippen MR) is 70.9 cm³/mol. The zero-order chi connectivity index (χ0) is 13.8. The first-order chi connectivity index (χ1) is 8.33. The number of benzene rings is 1. The van der Waals surface area contributed by atoms with Crippen molar-refractivity contribution in [2.24, 2.45) is 0 Å². The van der Waals surface area contributed by atoms with E-state index >= 15 is 0 Å². The van der Waals surface area contributed by atoms with E-state index in [9.17, 15) is 9.59 Å². The van der Waals surface area contributed by atoms with Crippen molar-refractivity contribution in [3.05, 3.63) is 29.8 Å². The van der Waals surface area contributed by atoms with Gasteiger partial charge in [0.2, 0.25) is 0 Å². The topological polar surface area (TPSA) is 55.4 Å². The summed E-state index contributed by atoms with van der Waals surface area (Å²) < 4.78 is 5.15. The molecule has 0 aromatic heterocycles. The maximum absolute atomic E-state index is 11.7. The van der Waals surface area contributed by atoms with E-state index in [4.69, 9.17) is 4.74 Å². The Labute approximate surface area is 107 Å². The summed E-state index contributed by atoms with van der Waals surface area (Å²) in [4.78, 5) is 23.4. The minimum atomic E-state index is -0.562. The zero-order valence-electron chi connectivity index (χ0n) is 11.2. The van der Waals surface area contributed by atoms with Gasteiger partial charge in [0.15, 0.2) is 5.78 Å². The summed E-state index contributed by atoms with van der Waals surface area (Å²) in [7, 11) is 0. The van der Waals surface area contributed by atoms with Gasteiger partial charge in [0.1, 0.15) is 5.60 Å². The van der Waals surface area contributed by atoms with Crippen molar-refractivity contribution >= 4 is 17.6 Å². The van der Waals surface area contributed by atoms with Crippen LogP contribution in [-0.2, 0) is 4.74 Å². The Hall–Kier alpha value is -1.84. The maximum atomic E-state index is 11.7. The number of amides is 1. The fraction of sp³-hybridized carbons (Fsp3) is 0.429. The summed E-state index contributed by atoms with van der Waals surface area (Å²) in [6.45, 7) is 7.15. The first kappa shape index (κ1) is 14.2. The summed E-state index contributed by atoms with van der Waals surface area (Å²) in [5.41, 5.74) is 0.429. The lowest BCUT2D eigenvalue weighted by molar-refractivity contribution is 0.0636. The Balaban J connectivity index is 2.85. The van der Waals surface area contributed by atoms with Crippen molar-refractivity contribution in [2.45, 2.75) is 39.7 Å². The summed E-state index contributed by atoms with van der Waals surface area (Å²) >= 11 is 0. The van der Waals surface area contributed by atoms with Crippen LogP contribution in [0.25, 0.3) is 0 Å². The van der Waals surface area contributed by atoms with E-state index in [0.717, 1.165) is 0 Å². The minimum absolute atomic E-state index is 0.0124. The van der Waals surface area contributed by atoms with Gasteiger partial charge >= 0.3 is 6.09 Å². The van der Waals surface area contributed by atoms with Crippen LogP contribution in [0.15, 0.2) is 24.3 Å². The lowest BCUT2D eigenvalue weighted by atomic mass is 10.1. The van der Waals surface area contributed by atoms with Crippen molar-refractivity contribution in [1.29, 1.82) is 0 Å². The Bertz CT molecular complexity index is 447. The highest BCUT2D eigenvalue weighted by molar-refractivity contribution is 6.03. The molecule has 0 unspecified atom stereocenters. The molecule has 1 aromatic carbocycles. The summed E-state index contributed by atoms with van der Waals surface area (Å²) in [5, 5.41) is 2.60. The molecule has 1 amide bonds. The van der Waals surface area contributed by atoms with Crippen molar-refractivity contribution in [3.8, 4) is 0 Å². The van der Waals surface area contributed by atoms with Crippen LogP contribution in [0.1, 0.15) is 44.5 Å². The third kappa shape index (κ3) is 4.20. The number of Topliss-reactive ketones (excluding diaryl/α,β-unsaturated/α-hetero) is 1. The molecular weight excluding hydrogens is 230 g/mol. The molecular formula is C14H19NO3. The number of hydrogen-bond donors (Lipinski definition) is 1. The lowest BCUT2D eigenvalue weighted by Gasteiger charge is -2.20. The molecule has 0 aliphatic rings. The highest BCUT2D eigenvalue weighted by Gasteiger charge is 2.18. The number of ether oxygens (including phenoxy) is 1. The van der Waals surface area contributed by atoms with Crippen LogP contribution >= 0.6 is 0 Å². The summed E-state index contributed by atoms with van der Waals surface area (Å²) in [5.74, 6) is -0.0124. The van der Waals surface area contributed by atoms with Crippen molar-refractivity contribution in [2.75, 3.05) is 5.32 Å². The molecule has 0 fully saturated rings. The molecule has 0 aliphatic heterocycles. The highest BCUT2D eigenvalue weighted by atomic mass is 16.6. The average molecular weight is 249 g/mol. The van der Waals surface area contributed by atoms with Crippen LogP contribution in [0.2, 0.25) is 0 Å². The predicted octanol–water partition coefficient (Wildman–Crippen LogP) is 3.63. The monoisotopic (exact) mass is 249 g/mol. The number of carbonyl (C=O) groups excluding carboxylic acids is 2. The number of hydrogen-bond acceptors (Lipinski definition) is 3. The van der Waals surface area contributed by atoms with Crippen molar-refractivity contribution < 1.29 is 14.3 Å².